The molecule has 0 saturated heterocycles. The number of benzene rings is 2. The van der Waals surface area contributed by atoms with E-state index in [9.17, 15) is 8.78 Å². The zero-order valence-electron chi connectivity index (χ0n) is 11.9. The molecule has 0 saturated carbocycles. The van der Waals surface area contributed by atoms with Crippen LogP contribution in [0.15, 0.2) is 42.5 Å². The van der Waals surface area contributed by atoms with E-state index in [0.717, 1.165) is 11.3 Å². The molecule has 0 spiro atoms. The number of rotatable bonds is 3. The Balaban J connectivity index is 2.43. The summed E-state index contributed by atoms with van der Waals surface area (Å²) in [7, 11) is 6.16. The highest BCUT2D eigenvalue weighted by atomic mass is 19.1. The summed E-state index contributed by atoms with van der Waals surface area (Å²) in [6.45, 7) is 0. The fourth-order valence-corrected chi connectivity index (χ4v) is 2.08. The van der Waals surface area contributed by atoms with Crippen LogP contribution in [0, 0.1) is 11.6 Å². The van der Waals surface area contributed by atoms with Crippen LogP contribution >= 0.6 is 0 Å². The molecule has 0 fully saturated rings. The highest BCUT2D eigenvalue weighted by molar-refractivity contribution is 5.76. The number of para-hydroxylation sites is 1. The molecule has 0 radical (unpaired) electrons. The van der Waals surface area contributed by atoms with Gasteiger partial charge in [-0.15, -0.1) is 0 Å². The predicted octanol–water partition coefficient (Wildman–Crippen LogP) is 4.33. The summed E-state index contributed by atoms with van der Waals surface area (Å²) in [6, 6.07) is 11.7. The Morgan fingerprint density at radius 3 is 2.00 bits per heavy atom. The lowest BCUT2D eigenvalue weighted by atomic mass is 10.1. The highest BCUT2D eigenvalue weighted by Crippen LogP contribution is 2.25. The summed E-state index contributed by atoms with van der Waals surface area (Å²) in [5, 5.41) is 0. The molecule has 104 valence electrons. The van der Waals surface area contributed by atoms with Crippen molar-refractivity contribution in [2.45, 2.75) is 0 Å². The molecular formula is C17H18F2N+. The van der Waals surface area contributed by atoms with E-state index in [4.69, 9.17) is 0 Å². The average molecular weight is 274 g/mol. The molecule has 0 unspecified atom stereocenters. The minimum absolute atomic E-state index is 0.0105. The van der Waals surface area contributed by atoms with Gasteiger partial charge in [0, 0.05) is 11.1 Å². The zero-order valence-corrected chi connectivity index (χ0v) is 11.9. The van der Waals surface area contributed by atoms with E-state index < -0.39 is 11.6 Å². The Labute approximate surface area is 118 Å². The van der Waals surface area contributed by atoms with Gasteiger partial charge in [0.05, 0.1) is 21.1 Å². The van der Waals surface area contributed by atoms with E-state index >= 15 is 0 Å². The van der Waals surface area contributed by atoms with Crippen molar-refractivity contribution in [3.63, 3.8) is 0 Å². The van der Waals surface area contributed by atoms with Gasteiger partial charge in [-0.2, -0.15) is 0 Å². The van der Waals surface area contributed by atoms with Crippen LogP contribution in [0.2, 0.25) is 0 Å². The molecule has 0 aromatic heterocycles. The predicted molar refractivity (Wildman–Crippen MR) is 81.3 cm³/mol. The number of hydrogen-bond donors (Lipinski definition) is 0. The summed E-state index contributed by atoms with van der Waals surface area (Å²) in [6.07, 6.45) is 3.24. The van der Waals surface area contributed by atoms with E-state index in [-0.39, 0.29) is 5.56 Å². The third kappa shape index (κ3) is 3.11. The second kappa shape index (κ2) is 5.55. The maximum Gasteiger partial charge on any atom is 0.139 e. The number of nitrogens with zero attached hydrogens (tertiary/aromatic N) is 1. The summed E-state index contributed by atoms with van der Waals surface area (Å²) >= 11 is 0. The van der Waals surface area contributed by atoms with Gasteiger partial charge in [-0.25, -0.2) is 8.78 Å². The molecule has 0 bridgehead atoms. The minimum atomic E-state index is -0.552. The summed E-state index contributed by atoms with van der Waals surface area (Å²) in [4.78, 5) is 0. The van der Waals surface area contributed by atoms with Crippen molar-refractivity contribution in [3.8, 4) is 0 Å². The third-order valence-corrected chi connectivity index (χ3v) is 3.09. The molecule has 0 aliphatic carbocycles. The Morgan fingerprint density at radius 1 is 0.800 bits per heavy atom. The van der Waals surface area contributed by atoms with Gasteiger partial charge in [0.15, 0.2) is 0 Å². The van der Waals surface area contributed by atoms with E-state index in [1.165, 1.54) is 24.3 Å². The van der Waals surface area contributed by atoms with E-state index in [0.29, 0.717) is 4.48 Å². The van der Waals surface area contributed by atoms with Crippen molar-refractivity contribution in [1.82, 2.24) is 4.48 Å². The monoisotopic (exact) mass is 274 g/mol. The van der Waals surface area contributed by atoms with Crippen LogP contribution in [0.4, 0.5) is 14.5 Å². The molecular weight excluding hydrogens is 256 g/mol. The van der Waals surface area contributed by atoms with Crippen molar-refractivity contribution < 1.29 is 8.78 Å². The Morgan fingerprint density at radius 2 is 1.40 bits per heavy atom. The zero-order chi connectivity index (χ0) is 14.8. The van der Waals surface area contributed by atoms with Crippen LogP contribution in [0.5, 0.6) is 0 Å². The number of halogens is 2. The molecule has 3 heteroatoms. The van der Waals surface area contributed by atoms with E-state index in [1.807, 2.05) is 24.3 Å². The second-order valence-corrected chi connectivity index (χ2v) is 5.54. The average Bonchev–Trinajstić information content (AvgIpc) is 2.37. The lowest BCUT2D eigenvalue weighted by Crippen LogP contribution is -2.35. The molecule has 2 aromatic carbocycles. The van der Waals surface area contributed by atoms with Crippen LogP contribution in [-0.2, 0) is 0 Å². The number of quaternary nitrogens is 1. The van der Waals surface area contributed by atoms with Gasteiger partial charge in [-0.1, -0.05) is 18.2 Å². The molecule has 0 N–H and O–H groups in total. The normalized spacial score (nSPS) is 12.1. The van der Waals surface area contributed by atoms with Gasteiger partial charge < -0.3 is 0 Å². The van der Waals surface area contributed by atoms with Gasteiger partial charge in [-0.05, 0) is 36.4 Å². The van der Waals surface area contributed by atoms with Crippen molar-refractivity contribution >= 4 is 17.8 Å². The van der Waals surface area contributed by atoms with Crippen molar-refractivity contribution in [2.24, 2.45) is 0 Å². The van der Waals surface area contributed by atoms with E-state index in [1.54, 1.807) is 6.08 Å². The van der Waals surface area contributed by atoms with Crippen molar-refractivity contribution in [3.05, 3.63) is 65.2 Å². The van der Waals surface area contributed by atoms with Crippen LogP contribution in [0.1, 0.15) is 11.1 Å². The first-order valence-corrected chi connectivity index (χ1v) is 6.43. The summed E-state index contributed by atoms with van der Waals surface area (Å²) < 4.78 is 27.8. The Bertz CT molecular complexity index is 619. The molecule has 0 amide bonds. The second-order valence-electron chi connectivity index (χ2n) is 5.54. The first-order valence-electron chi connectivity index (χ1n) is 6.43. The topological polar surface area (TPSA) is 0 Å². The van der Waals surface area contributed by atoms with Crippen LogP contribution in [0.3, 0.4) is 0 Å². The standard InChI is InChI=1S/C17H18F2N/c1-20(2,3)17-10-5-4-7-13(17)11-12-14-15(18)8-6-9-16(14)19/h4-12H,1-3H3/q+1. The smallest absolute Gasteiger partial charge is 0.139 e. The Kier molecular flexibility index (Phi) is 4.00. The molecule has 2 aromatic rings. The summed E-state index contributed by atoms with van der Waals surface area (Å²) in [5.74, 6) is -1.10. The molecule has 1 nitrogen and oxygen atoms in total. The maximum atomic E-state index is 13.6. The quantitative estimate of drug-likeness (QED) is 0.577. The molecule has 20 heavy (non-hydrogen) atoms. The minimum Gasteiger partial charge on any atom is -0.298 e. The van der Waals surface area contributed by atoms with Crippen LogP contribution in [0.25, 0.3) is 12.2 Å². The van der Waals surface area contributed by atoms with Crippen LogP contribution < -0.4 is 4.48 Å². The van der Waals surface area contributed by atoms with Crippen molar-refractivity contribution in [1.29, 1.82) is 0 Å². The molecule has 0 aliphatic rings. The van der Waals surface area contributed by atoms with E-state index in [2.05, 4.69) is 21.1 Å². The highest BCUT2D eigenvalue weighted by Gasteiger charge is 2.15. The van der Waals surface area contributed by atoms with Gasteiger partial charge in [0.25, 0.3) is 0 Å². The Hall–Kier alpha value is -2.00. The largest absolute Gasteiger partial charge is 0.298 e. The van der Waals surface area contributed by atoms with Gasteiger partial charge in [-0.3, -0.25) is 4.48 Å². The fourth-order valence-electron chi connectivity index (χ4n) is 2.08. The molecule has 0 heterocycles. The van der Waals surface area contributed by atoms with Gasteiger partial charge in [0.1, 0.15) is 17.3 Å². The first kappa shape index (κ1) is 14.4. The molecule has 0 aliphatic heterocycles. The third-order valence-electron chi connectivity index (χ3n) is 3.09. The molecule has 2 rings (SSSR count). The van der Waals surface area contributed by atoms with Crippen molar-refractivity contribution in [2.75, 3.05) is 21.1 Å². The molecule has 0 atom stereocenters. The lowest BCUT2D eigenvalue weighted by molar-refractivity contribution is 0.486. The number of hydrogen-bond acceptors (Lipinski definition) is 0. The van der Waals surface area contributed by atoms with Gasteiger partial charge in [0.2, 0.25) is 0 Å². The van der Waals surface area contributed by atoms with Gasteiger partial charge >= 0.3 is 0 Å². The SMILES string of the molecule is C[N+](C)(C)c1ccccc1C=Cc1c(F)cccc1F. The van der Waals surface area contributed by atoms with Crippen LogP contribution in [-0.4, -0.2) is 21.1 Å². The fraction of sp³-hybridized carbons (Fsp3) is 0.176. The lowest BCUT2D eigenvalue weighted by Gasteiger charge is -2.25. The summed E-state index contributed by atoms with van der Waals surface area (Å²) in [5.41, 5.74) is 2.02. The maximum absolute atomic E-state index is 13.6. The first-order chi connectivity index (χ1) is 9.39.